The molecule has 4 rings (SSSR count). The highest BCUT2D eigenvalue weighted by Gasteiger charge is 2.13. The summed E-state index contributed by atoms with van der Waals surface area (Å²) in [4.78, 5) is 16.9. The number of amides is 1. The summed E-state index contributed by atoms with van der Waals surface area (Å²) < 4.78 is 18.4. The number of nitrogens with one attached hydrogen (secondary N) is 1. The number of hydrogen-bond donors (Lipinski definition) is 1. The van der Waals surface area contributed by atoms with E-state index in [-0.39, 0.29) is 12.5 Å². The fraction of sp³-hybridized carbons (Fsp3) is 0.130. The van der Waals surface area contributed by atoms with E-state index in [0.717, 1.165) is 20.1 Å². The molecule has 32 heavy (non-hydrogen) atoms. The zero-order chi connectivity index (χ0) is 22.8. The molecule has 0 aliphatic rings. The van der Waals surface area contributed by atoms with Gasteiger partial charge in [0.05, 0.1) is 16.6 Å². The maximum atomic E-state index is 12.4. The lowest BCUT2D eigenvalue weighted by atomic mass is 10.2. The molecule has 1 N–H and O–H groups in total. The minimum absolute atomic E-state index is 0.131. The number of ether oxygens (including phenoxy) is 2. The first-order valence-electron chi connectivity index (χ1n) is 9.47. The Bertz CT molecular complexity index is 1300. The van der Waals surface area contributed by atoms with E-state index in [1.54, 1.807) is 37.4 Å². The molecule has 3 aromatic carbocycles. The van der Waals surface area contributed by atoms with Gasteiger partial charge in [-0.1, -0.05) is 27.5 Å². The topological polar surface area (TPSA) is 73.6 Å². The van der Waals surface area contributed by atoms with E-state index in [9.17, 15) is 4.79 Å². The summed E-state index contributed by atoms with van der Waals surface area (Å²) in [5, 5.41) is 3.29. The highest BCUT2D eigenvalue weighted by atomic mass is 79.9. The van der Waals surface area contributed by atoms with Crippen LogP contribution in [-0.2, 0) is 4.79 Å². The number of methoxy groups -OCH3 is 1. The number of halogens is 3. The molecular formula is C23H17Br2ClN2O4. The lowest BCUT2D eigenvalue weighted by Gasteiger charge is -2.12. The summed E-state index contributed by atoms with van der Waals surface area (Å²) >= 11 is 13.1. The smallest absolute Gasteiger partial charge is 0.262 e. The fourth-order valence-corrected chi connectivity index (χ4v) is 4.95. The number of benzene rings is 3. The van der Waals surface area contributed by atoms with Crippen molar-refractivity contribution in [3.05, 3.63) is 68.1 Å². The molecule has 1 aromatic heterocycles. The average Bonchev–Trinajstić information content (AvgIpc) is 3.16. The van der Waals surface area contributed by atoms with Crippen LogP contribution in [0.5, 0.6) is 11.5 Å². The Kier molecular flexibility index (Phi) is 6.74. The first-order chi connectivity index (χ1) is 15.3. The average molecular weight is 581 g/mol. The summed E-state index contributed by atoms with van der Waals surface area (Å²) in [5.41, 5.74) is 3.42. The molecule has 0 radical (unpaired) electrons. The van der Waals surface area contributed by atoms with Crippen LogP contribution in [0.4, 0.5) is 5.69 Å². The van der Waals surface area contributed by atoms with E-state index in [4.69, 9.17) is 25.5 Å². The van der Waals surface area contributed by atoms with Crippen molar-refractivity contribution >= 4 is 66.2 Å². The van der Waals surface area contributed by atoms with Gasteiger partial charge in [0.15, 0.2) is 12.2 Å². The lowest BCUT2D eigenvalue weighted by Crippen LogP contribution is -2.20. The van der Waals surface area contributed by atoms with E-state index in [1.165, 1.54) is 0 Å². The first-order valence-corrected chi connectivity index (χ1v) is 11.4. The molecule has 0 saturated carbocycles. The second-order valence-corrected chi connectivity index (χ2v) is 9.10. The van der Waals surface area contributed by atoms with Gasteiger partial charge in [-0.2, -0.15) is 0 Å². The van der Waals surface area contributed by atoms with Crippen molar-refractivity contribution in [3.8, 4) is 23.0 Å². The van der Waals surface area contributed by atoms with Crippen molar-refractivity contribution in [3.63, 3.8) is 0 Å². The highest BCUT2D eigenvalue weighted by Crippen LogP contribution is 2.33. The Morgan fingerprint density at radius 1 is 1.16 bits per heavy atom. The van der Waals surface area contributed by atoms with E-state index in [1.807, 2.05) is 25.1 Å². The van der Waals surface area contributed by atoms with Crippen molar-refractivity contribution in [2.24, 2.45) is 0 Å². The third-order valence-electron chi connectivity index (χ3n) is 4.61. The molecule has 0 saturated heterocycles. The highest BCUT2D eigenvalue weighted by molar-refractivity contribution is 9.11. The Morgan fingerprint density at radius 2 is 1.97 bits per heavy atom. The number of oxazole rings is 1. The molecule has 1 heterocycles. The molecule has 0 atom stereocenters. The van der Waals surface area contributed by atoms with Crippen LogP contribution in [0.3, 0.4) is 0 Å². The monoisotopic (exact) mass is 578 g/mol. The zero-order valence-electron chi connectivity index (χ0n) is 17.0. The van der Waals surface area contributed by atoms with Crippen molar-refractivity contribution in [1.29, 1.82) is 0 Å². The summed E-state index contributed by atoms with van der Waals surface area (Å²) in [6.45, 7) is 1.78. The van der Waals surface area contributed by atoms with Gasteiger partial charge in [-0.25, -0.2) is 4.98 Å². The Balaban J connectivity index is 1.47. The van der Waals surface area contributed by atoms with Gasteiger partial charge in [0.1, 0.15) is 17.0 Å². The normalized spacial score (nSPS) is 10.9. The van der Waals surface area contributed by atoms with E-state index >= 15 is 0 Å². The second-order valence-electron chi connectivity index (χ2n) is 6.92. The number of nitrogens with zero attached hydrogens (tertiary/aromatic N) is 1. The zero-order valence-corrected chi connectivity index (χ0v) is 21.0. The standard InChI is InChI=1S/C23H17Br2ClN2O4/c1-12-7-14(24)9-16(25)22(12)31-11-21(29)27-15-4-6-20-18(10-15)28-23(32-20)13-3-5-19(30-2)17(26)8-13/h3-10H,11H2,1-2H3,(H,27,29). The van der Waals surface area contributed by atoms with Gasteiger partial charge >= 0.3 is 0 Å². The number of anilines is 1. The van der Waals surface area contributed by atoms with Gasteiger partial charge in [-0.3, -0.25) is 4.79 Å². The predicted molar refractivity (Wildman–Crippen MR) is 132 cm³/mol. The third kappa shape index (κ3) is 4.92. The summed E-state index contributed by atoms with van der Waals surface area (Å²) in [6, 6.07) is 14.3. The van der Waals surface area contributed by atoms with Gasteiger partial charge < -0.3 is 19.2 Å². The van der Waals surface area contributed by atoms with Crippen LogP contribution in [0.2, 0.25) is 5.02 Å². The van der Waals surface area contributed by atoms with Gasteiger partial charge in [-0.05, 0) is 76.9 Å². The van der Waals surface area contributed by atoms with Gasteiger partial charge in [0.25, 0.3) is 5.91 Å². The molecule has 0 aliphatic carbocycles. The van der Waals surface area contributed by atoms with Gasteiger partial charge in [-0.15, -0.1) is 0 Å². The summed E-state index contributed by atoms with van der Waals surface area (Å²) in [5.74, 6) is 1.33. The van der Waals surface area contributed by atoms with Crippen LogP contribution in [0.25, 0.3) is 22.6 Å². The van der Waals surface area contributed by atoms with Crippen LogP contribution >= 0.6 is 43.5 Å². The fourth-order valence-electron chi connectivity index (χ4n) is 3.13. The Morgan fingerprint density at radius 3 is 2.69 bits per heavy atom. The van der Waals surface area contributed by atoms with Crippen molar-refractivity contribution in [2.75, 3.05) is 19.0 Å². The summed E-state index contributed by atoms with van der Waals surface area (Å²) in [7, 11) is 1.56. The van der Waals surface area contributed by atoms with Gasteiger partial charge in [0.2, 0.25) is 5.89 Å². The van der Waals surface area contributed by atoms with Crippen LogP contribution in [0.15, 0.2) is 61.9 Å². The predicted octanol–water partition coefficient (Wildman–Crippen LogP) is 7.01. The van der Waals surface area contributed by atoms with E-state index in [0.29, 0.717) is 39.2 Å². The number of aryl methyl sites for hydroxylation is 1. The molecule has 6 nitrogen and oxygen atoms in total. The van der Waals surface area contributed by atoms with Crippen molar-refractivity contribution in [1.82, 2.24) is 4.98 Å². The SMILES string of the molecule is COc1ccc(-c2nc3cc(NC(=O)COc4c(C)cc(Br)cc4Br)ccc3o2)cc1Cl. The lowest BCUT2D eigenvalue weighted by molar-refractivity contribution is -0.118. The maximum absolute atomic E-state index is 12.4. The number of aromatic nitrogens is 1. The summed E-state index contributed by atoms with van der Waals surface area (Å²) in [6.07, 6.45) is 0. The van der Waals surface area contributed by atoms with Crippen molar-refractivity contribution in [2.45, 2.75) is 6.92 Å². The number of hydrogen-bond acceptors (Lipinski definition) is 5. The third-order valence-corrected chi connectivity index (χ3v) is 5.95. The van der Waals surface area contributed by atoms with Crippen LogP contribution in [0, 0.1) is 6.92 Å². The van der Waals surface area contributed by atoms with Crippen LogP contribution < -0.4 is 14.8 Å². The minimum atomic E-state index is -0.288. The second kappa shape index (κ2) is 9.52. The van der Waals surface area contributed by atoms with Crippen LogP contribution in [-0.4, -0.2) is 24.6 Å². The first kappa shape index (κ1) is 22.6. The molecule has 0 bridgehead atoms. The number of fused-ring (bicyclic) bond motifs is 1. The molecule has 0 unspecified atom stereocenters. The molecular weight excluding hydrogens is 564 g/mol. The molecule has 164 valence electrons. The number of carbonyl (C=O) groups excluding carboxylic acids is 1. The molecule has 4 aromatic rings. The minimum Gasteiger partial charge on any atom is -0.495 e. The molecule has 1 amide bonds. The molecule has 0 fully saturated rings. The maximum Gasteiger partial charge on any atom is 0.262 e. The van der Waals surface area contributed by atoms with Gasteiger partial charge in [0, 0.05) is 15.7 Å². The largest absolute Gasteiger partial charge is 0.495 e. The Labute approximate surface area is 206 Å². The number of carbonyl (C=O) groups is 1. The number of rotatable bonds is 6. The quantitative estimate of drug-likeness (QED) is 0.266. The van der Waals surface area contributed by atoms with E-state index < -0.39 is 0 Å². The van der Waals surface area contributed by atoms with E-state index in [2.05, 4.69) is 42.2 Å². The molecule has 9 heteroatoms. The molecule has 0 spiro atoms. The van der Waals surface area contributed by atoms with Crippen molar-refractivity contribution < 1.29 is 18.7 Å². The Hall–Kier alpha value is -2.55. The van der Waals surface area contributed by atoms with Crippen LogP contribution in [0.1, 0.15) is 5.56 Å². The molecule has 0 aliphatic heterocycles.